The molecule has 2 rings (SSSR count). The Morgan fingerprint density at radius 2 is 1.95 bits per heavy atom. The van der Waals surface area contributed by atoms with Gasteiger partial charge in [-0.2, -0.15) is 0 Å². The molecule has 1 N–H and O–H groups in total. The second kappa shape index (κ2) is 7.31. The molecule has 0 saturated heterocycles. The van der Waals surface area contributed by atoms with E-state index in [0.29, 0.717) is 17.0 Å². The van der Waals surface area contributed by atoms with E-state index in [4.69, 9.17) is 9.15 Å². The largest absolute Gasteiger partial charge is 0.491 e. The number of rotatable bonds is 6. The van der Waals surface area contributed by atoms with Gasteiger partial charge in [-0.1, -0.05) is 12.1 Å². The minimum atomic E-state index is -0.208. The first-order valence-electron chi connectivity index (χ1n) is 6.84. The van der Waals surface area contributed by atoms with E-state index < -0.39 is 0 Å². The second-order valence-electron chi connectivity index (χ2n) is 4.92. The zero-order chi connectivity index (χ0) is 15.2. The third kappa shape index (κ3) is 4.93. The lowest BCUT2D eigenvalue weighted by molar-refractivity contribution is 0.0925. The van der Waals surface area contributed by atoms with E-state index in [2.05, 4.69) is 21.2 Å². The molecule has 0 atom stereocenters. The Bertz CT molecular complexity index is 590. The van der Waals surface area contributed by atoms with Crippen LogP contribution in [0.1, 0.15) is 30.0 Å². The standard InChI is InChI=1S/C16H18BrNO3/c1-11(2)20-13-5-3-12(4-6-13)9-10-18-16(19)14-7-8-15(17)21-14/h3-8,11H,9-10H2,1-2H3,(H,18,19). The van der Waals surface area contributed by atoms with Crippen LogP contribution < -0.4 is 10.1 Å². The van der Waals surface area contributed by atoms with E-state index in [0.717, 1.165) is 17.7 Å². The van der Waals surface area contributed by atoms with Crippen LogP contribution in [-0.4, -0.2) is 18.6 Å². The van der Waals surface area contributed by atoms with Crippen LogP contribution in [0.2, 0.25) is 0 Å². The van der Waals surface area contributed by atoms with Crippen molar-refractivity contribution in [1.29, 1.82) is 0 Å². The lowest BCUT2D eigenvalue weighted by Crippen LogP contribution is -2.25. The van der Waals surface area contributed by atoms with E-state index in [1.165, 1.54) is 0 Å². The highest BCUT2D eigenvalue weighted by Crippen LogP contribution is 2.15. The van der Waals surface area contributed by atoms with Crippen molar-refractivity contribution in [2.24, 2.45) is 0 Å². The van der Waals surface area contributed by atoms with E-state index >= 15 is 0 Å². The van der Waals surface area contributed by atoms with Gasteiger partial charge in [0.15, 0.2) is 10.4 Å². The quantitative estimate of drug-likeness (QED) is 0.860. The summed E-state index contributed by atoms with van der Waals surface area (Å²) in [6.45, 7) is 4.55. The number of amides is 1. The van der Waals surface area contributed by atoms with Gasteiger partial charge in [0.25, 0.3) is 5.91 Å². The molecule has 112 valence electrons. The van der Waals surface area contributed by atoms with Crippen LogP contribution in [0.5, 0.6) is 5.75 Å². The van der Waals surface area contributed by atoms with Gasteiger partial charge in [0.05, 0.1) is 6.10 Å². The number of carbonyl (C=O) groups excluding carboxylic acids is 1. The smallest absolute Gasteiger partial charge is 0.287 e. The average molecular weight is 352 g/mol. The highest BCUT2D eigenvalue weighted by molar-refractivity contribution is 9.10. The molecule has 1 aromatic carbocycles. The zero-order valence-electron chi connectivity index (χ0n) is 12.1. The second-order valence-corrected chi connectivity index (χ2v) is 5.70. The van der Waals surface area contributed by atoms with E-state index in [1.807, 2.05) is 38.1 Å². The zero-order valence-corrected chi connectivity index (χ0v) is 13.6. The van der Waals surface area contributed by atoms with Gasteiger partial charge < -0.3 is 14.5 Å². The predicted octanol–water partition coefficient (Wildman–Crippen LogP) is 3.80. The predicted molar refractivity (Wildman–Crippen MR) is 84.7 cm³/mol. The Morgan fingerprint density at radius 1 is 1.24 bits per heavy atom. The number of nitrogens with one attached hydrogen (secondary N) is 1. The number of furan rings is 1. The summed E-state index contributed by atoms with van der Waals surface area (Å²) in [4.78, 5) is 11.8. The summed E-state index contributed by atoms with van der Waals surface area (Å²) in [6.07, 6.45) is 0.929. The molecule has 1 aromatic heterocycles. The number of hydrogen-bond donors (Lipinski definition) is 1. The van der Waals surface area contributed by atoms with Crippen molar-refractivity contribution < 1.29 is 13.9 Å². The molecule has 0 saturated carbocycles. The maximum atomic E-state index is 11.8. The van der Waals surface area contributed by atoms with Crippen molar-refractivity contribution in [3.8, 4) is 5.75 Å². The van der Waals surface area contributed by atoms with Crippen LogP contribution >= 0.6 is 15.9 Å². The van der Waals surface area contributed by atoms with E-state index in [1.54, 1.807) is 12.1 Å². The van der Waals surface area contributed by atoms with Crippen molar-refractivity contribution in [1.82, 2.24) is 5.32 Å². The molecule has 0 aliphatic rings. The first-order chi connectivity index (χ1) is 10.0. The van der Waals surface area contributed by atoms with Crippen molar-refractivity contribution >= 4 is 21.8 Å². The first kappa shape index (κ1) is 15.6. The van der Waals surface area contributed by atoms with Gasteiger partial charge >= 0.3 is 0 Å². The maximum absolute atomic E-state index is 11.8. The Hall–Kier alpha value is -1.75. The summed E-state index contributed by atoms with van der Waals surface area (Å²) in [6, 6.07) is 11.2. The minimum Gasteiger partial charge on any atom is -0.491 e. The molecule has 1 amide bonds. The third-order valence-corrected chi connectivity index (χ3v) is 3.22. The lowest BCUT2D eigenvalue weighted by atomic mass is 10.1. The number of benzene rings is 1. The molecule has 0 spiro atoms. The molecular formula is C16H18BrNO3. The fraction of sp³-hybridized carbons (Fsp3) is 0.312. The monoisotopic (exact) mass is 351 g/mol. The van der Waals surface area contributed by atoms with Crippen LogP contribution in [0.25, 0.3) is 0 Å². The molecule has 1 heterocycles. The van der Waals surface area contributed by atoms with E-state index in [9.17, 15) is 4.79 Å². The van der Waals surface area contributed by atoms with Gasteiger partial charge in [-0.05, 0) is 66.0 Å². The molecule has 21 heavy (non-hydrogen) atoms. The average Bonchev–Trinajstić information content (AvgIpc) is 2.87. The van der Waals surface area contributed by atoms with Gasteiger partial charge in [-0.3, -0.25) is 4.79 Å². The minimum absolute atomic E-state index is 0.169. The number of ether oxygens (including phenoxy) is 1. The number of carbonyl (C=O) groups is 1. The summed E-state index contributed by atoms with van der Waals surface area (Å²) in [5.74, 6) is 0.959. The topological polar surface area (TPSA) is 51.5 Å². The maximum Gasteiger partial charge on any atom is 0.287 e. The van der Waals surface area contributed by atoms with E-state index in [-0.39, 0.29) is 12.0 Å². The highest BCUT2D eigenvalue weighted by Gasteiger charge is 2.09. The number of hydrogen-bond acceptors (Lipinski definition) is 3. The molecule has 4 nitrogen and oxygen atoms in total. The summed E-state index contributed by atoms with van der Waals surface area (Å²) in [7, 11) is 0. The fourth-order valence-corrected chi connectivity index (χ4v) is 2.16. The van der Waals surface area contributed by atoms with Crippen molar-refractivity contribution in [3.63, 3.8) is 0 Å². The van der Waals surface area contributed by atoms with Crippen molar-refractivity contribution in [2.75, 3.05) is 6.54 Å². The Balaban J connectivity index is 1.79. The summed E-state index contributed by atoms with van der Waals surface area (Å²) in [5, 5.41) is 2.82. The SMILES string of the molecule is CC(C)Oc1ccc(CCNC(=O)c2ccc(Br)o2)cc1. The molecule has 0 aliphatic carbocycles. The van der Waals surface area contributed by atoms with Gasteiger partial charge in [-0.25, -0.2) is 0 Å². The summed E-state index contributed by atoms with van der Waals surface area (Å²) in [5.41, 5.74) is 1.15. The molecule has 0 fully saturated rings. The highest BCUT2D eigenvalue weighted by atomic mass is 79.9. The third-order valence-electron chi connectivity index (χ3n) is 2.79. The lowest BCUT2D eigenvalue weighted by Gasteiger charge is -2.10. The van der Waals surface area contributed by atoms with Gasteiger partial charge in [0, 0.05) is 6.54 Å². The van der Waals surface area contributed by atoms with Crippen LogP contribution in [-0.2, 0) is 6.42 Å². The Kier molecular flexibility index (Phi) is 5.44. The normalized spacial score (nSPS) is 10.7. The van der Waals surface area contributed by atoms with Gasteiger partial charge in [0.2, 0.25) is 0 Å². The molecule has 2 aromatic rings. The molecule has 0 bridgehead atoms. The summed E-state index contributed by atoms with van der Waals surface area (Å²) >= 11 is 3.17. The van der Waals surface area contributed by atoms with Gasteiger partial charge in [0.1, 0.15) is 5.75 Å². The van der Waals surface area contributed by atoms with Crippen LogP contribution in [0.15, 0.2) is 45.5 Å². The van der Waals surface area contributed by atoms with Crippen molar-refractivity contribution in [3.05, 3.63) is 52.4 Å². The number of halogens is 1. The molecule has 5 heteroatoms. The molecule has 0 unspecified atom stereocenters. The van der Waals surface area contributed by atoms with Gasteiger partial charge in [-0.15, -0.1) is 0 Å². The molecule has 0 aliphatic heterocycles. The Labute approximate surface area is 132 Å². The van der Waals surface area contributed by atoms with Crippen LogP contribution in [0.4, 0.5) is 0 Å². The Morgan fingerprint density at radius 3 is 2.52 bits per heavy atom. The summed E-state index contributed by atoms with van der Waals surface area (Å²) < 4.78 is 11.3. The molecule has 0 radical (unpaired) electrons. The van der Waals surface area contributed by atoms with Crippen LogP contribution in [0, 0.1) is 0 Å². The first-order valence-corrected chi connectivity index (χ1v) is 7.63. The fourth-order valence-electron chi connectivity index (χ4n) is 1.85. The van der Waals surface area contributed by atoms with Crippen molar-refractivity contribution in [2.45, 2.75) is 26.4 Å². The van der Waals surface area contributed by atoms with Crippen LogP contribution in [0.3, 0.4) is 0 Å². The molecular weight excluding hydrogens is 334 g/mol.